The highest BCUT2D eigenvalue weighted by Gasteiger charge is 2.35. The van der Waals surface area contributed by atoms with Gasteiger partial charge in [0.05, 0.1) is 4.90 Å². The summed E-state index contributed by atoms with van der Waals surface area (Å²) in [6.07, 6.45) is 3.25. The van der Waals surface area contributed by atoms with E-state index >= 15 is 0 Å². The SMILES string of the molecule is O=C(C1Cc2cc(Cl)ccc2O1)N1CCCc2cc(S(=O)(=O)N3CCCC3)ccc21. The van der Waals surface area contributed by atoms with E-state index in [1.54, 1.807) is 39.5 Å². The number of benzene rings is 2. The quantitative estimate of drug-likeness (QED) is 0.724. The van der Waals surface area contributed by atoms with Crippen LogP contribution in [0, 0.1) is 0 Å². The van der Waals surface area contributed by atoms with Crippen LogP contribution in [0.5, 0.6) is 5.75 Å². The Bertz CT molecular complexity index is 1110. The van der Waals surface area contributed by atoms with Crippen molar-refractivity contribution in [2.75, 3.05) is 24.5 Å². The van der Waals surface area contributed by atoms with Gasteiger partial charge in [-0.05, 0) is 73.2 Å². The molecule has 0 aromatic heterocycles. The summed E-state index contributed by atoms with van der Waals surface area (Å²) in [4.78, 5) is 15.3. The molecule has 6 nitrogen and oxygen atoms in total. The summed E-state index contributed by atoms with van der Waals surface area (Å²) in [6, 6.07) is 10.5. The number of fused-ring (bicyclic) bond motifs is 2. The standard InChI is InChI=1S/C22H23ClN2O4S/c23-17-5-8-20-16(12-17)14-21(29-20)22(26)25-11-3-4-15-13-18(6-7-19(15)25)30(27,28)24-9-1-2-10-24/h5-8,12-13,21H,1-4,9-11,14H2. The smallest absolute Gasteiger partial charge is 0.268 e. The second-order valence-corrected chi connectivity index (χ2v) is 10.4. The molecule has 5 rings (SSSR count). The van der Waals surface area contributed by atoms with Crippen LogP contribution in [0.2, 0.25) is 5.02 Å². The van der Waals surface area contributed by atoms with Crippen LogP contribution < -0.4 is 9.64 Å². The fourth-order valence-corrected chi connectivity index (χ4v) is 6.33. The lowest BCUT2D eigenvalue weighted by Gasteiger charge is -2.31. The van der Waals surface area contributed by atoms with Crippen molar-refractivity contribution in [1.29, 1.82) is 0 Å². The summed E-state index contributed by atoms with van der Waals surface area (Å²) in [5.74, 6) is 0.598. The van der Waals surface area contributed by atoms with Crippen molar-refractivity contribution in [2.24, 2.45) is 0 Å². The number of halogens is 1. The molecule has 1 saturated heterocycles. The second kappa shape index (κ2) is 7.55. The maximum Gasteiger partial charge on any atom is 0.268 e. The van der Waals surface area contributed by atoms with Gasteiger partial charge in [-0.15, -0.1) is 0 Å². The van der Waals surface area contributed by atoms with E-state index in [9.17, 15) is 13.2 Å². The minimum Gasteiger partial charge on any atom is -0.480 e. The monoisotopic (exact) mass is 446 g/mol. The van der Waals surface area contributed by atoms with Crippen LogP contribution in [-0.2, 0) is 27.7 Å². The highest BCUT2D eigenvalue weighted by Crippen LogP contribution is 2.35. The summed E-state index contributed by atoms with van der Waals surface area (Å²) in [6.45, 7) is 1.75. The molecule has 1 fully saturated rings. The van der Waals surface area contributed by atoms with Crippen molar-refractivity contribution in [1.82, 2.24) is 4.31 Å². The molecule has 158 valence electrons. The number of hydrogen-bond donors (Lipinski definition) is 0. The number of carbonyl (C=O) groups excluding carboxylic acids is 1. The molecular formula is C22H23ClN2O4S. The van der Waals surface area contributed by atoms with Gasteiger partial charge >= 0.3 is 0 Å². The minimum atomic E-state index is -3.47. The number of aryl methyl sites for hydroxylation is 1. The molecule has 3 heterocycles. The van der Waals surface area contributed by atoms with Crippen molar-refractivity contribution < 1.29 is 17.9 Å². The van der Waals surface area contributed by atoms with Crippen LogP contribution in [0.4, 0.5) is 5.69 Å². The van der Waals surface area contributed by atoms with Crippen molar-refractivity contribution in [3.05, 3.63) is 52.5 Å². The van der Waals surface area contributed by atoms with Gasteiger partial charge in [-0.3, -0.25) is 4.79 Å². The third-order valence-electron chi connectivity index (χ3n) is 6.11. The van der Waals surface area contributed by atoms with Gasteiger partial charge < -0.3 is 9.64 Å². The summed E-state index contributed by atoms with van der Waals surface area (Å²) < 4.78 is 33.3. The lowest BCUT2D eigenvalue weighted by molar-refractivity contribution is -0.124. The number of ether oxygens (including phenoxy) is 1. The lowest BCUT2D eigenvalue weighted by Crippen LogP contribution is -2.44. The molecule has 0 radical (unpaired) electrons. The van der Waals surface area contributed by atoms with E-state index in [4.69, 9.17) is 16.3 Å². The third kappa shape index (κ3) is 3.39. The molecule has 8 heteroatoms. The zero-order valence-electron chi connectivity index (χ0n) is 16.5. The predicted octanol–water partition coefficient (Wildman–Crippen LogP) is 3.41. The molecule has 1 unspecified atom stereocenters. The molecule has 1 amide bonds. The Balaban J connectivity index is 1.40. The zero-order valence-corrected chi connectivity index (χ0v) is 18.1. The molecule has 2 aromatic rings. The maximum atomic E-state index is 13.2. The molecule has 2 aromatic carbocycles. The van der Waals surface area contributed by atoms with E-state index in [1.165, 1.54) is 0 Å². The fraction of sp³-hybridized carbons (Fsp3) is 0.409. The molecule has 0 spiro atoms. The Labute approximate surface area is 181 Å². The number of carbonyl (C=O) groups is 1. The largest absolute Gasteiger partial charge is 0.480 e. The number of nitrogens with zero attached hydrogens (tertiary/aromatic N) is 2. The summed E-state index contributed by atoms with van der Waals surface area (Å²) in [5.41, 5.74) is 2.61. The molecule has 3 aliphatic rings. The average molecular weight is 447 g/mol. The molecular weight excluding hydrogens is 424 g/mol. The molecule has 0 aliphatic carbocycles. The van der Waals surface area contributed by atoms with Gasteiger partial charge in [0.15, 0.2) is 6.10 Å². The molecule has 3 aliphatic heterocycles. The van der Waals surface area contributed by atoms with Crippen LogP contribution in [0.15, 0.2) is 41.3 Å². The van der Waals surface area contributed by atoms with Gasteiger partial charge in [0.25, 0.3) is 5.91 Å². The lowest BCUT2D eigenvalue weighted by atomic mass is 10.0. The Kier molecular flexibility index (Phi) is 5.00. The van der Waals surface area contributed by atoms with Crippen molar-refractivity contribution in [3.8, 4) is 5.75 Å². The van der Waals surface area contributed by atoms with Crippen LogP contribution in [0.1, 0.15) is 30.4 Å². The molecule has 30 heavy (non-hydrogen) atoms. The molecule has 0 N–H and O–H groups in total. The molecule has 0 saturated carbocycles. The normalized spacial score (nSPS) is 21.2. The number of anilines is 1. The van der Waals surface area contributed by atoms with Crippen LogP contribution in [-0.4, -0.2) is 44.4 Å². The number of hydrogen-bond acceptors (Lipinski definition) is 4. The van der Waals surface area contributed by atoms with Gasteiger partial charge in [0, 0.05) is 36.8 Å². The van der Waals surface area contributed by atoms with Crippen molar-refractivity contribution >= 4 is 33.2 Å². The summed E-state index contributed by atoms with van der Waals surface area (Å²) >= 11 is 6.06. The van der Waals surface area contributed by atoms with Crippen LogP contribution >= 0.6 is 11.6 Å². The summed E-state index contributed by atoms with van der Waals surface area (Å²) in [5, 5.41) is 0.625. The van der Waals surface area contributed by atoms with Gasteiger partial charge in [-0.2, -0.15) is 4.31 Å². The first-order chi connectivity index (χ1) is 14.4. The Morgan fingerprint density at radius 3 is 2.60 bits per heavy atom. The van der Waals surface area contributed by atoms with Crippen LogP contribution in [0.3, 0.4) is 0 Å². The number of rotatable bonds is 3. The van der Waals surface area contributed by atoms with E-state index < -0.39 is 16.1 Å². The van der Waals surface area contributed by atoms with Gasteiger partial charge in [0.1, 0.15) is 5.75 Å². The molecule has 0 bridgehead atoms. The third-order valence-corrected chi connectivity index (χ3v) is 8.24. The van der Waals surface area contributed by atoms with E-state index in [2.05, 4.69) is 0 Å². The Morgan fingerprint density at radius 2 is 1.80 bits per heavy atom. The van der Waals surface area contributed by atoms with Gasteiger partial charge in [-0.1, -0.05) is 11.6 Å². The van der Waals surface area contributed by atoms with E-state index in [1.807, 2.05) is 6.07 Å². The zero-order chi connectivity index (χ0) is 20.9. The average Bonchev–Trinajstić information content (AvgIpc) is 3.42. The molecule has 1 atom stereocenters. The topological polar surface area (TPSA) is 66.9 Å². The van der Waals surface area contributed by atoms with E-state index in [0.717, 1.165) is 42.5 Å². The van der Waals surface area contributed by atoms with Crippen LogP contribution in [0.25, 0.3) is 0 Å². The van der Waals surface area contributed by atoms with Crippen molar-refractivity contribution in [2.45, 2.75) is 43.1 Å². The maximum absolute atomic E-state index is 13.2. The first kappa shape index (κ1) is 19.8. The summed E-state index contributed by atoms with van der Waals surface area (Å²) in [7, 11) is -3.47. The van der Waals surface area contributed by atoms with Gasteiger partial charge in [-0.25, -0.2) is 8.42 Å². The fourth-order valence-electron chi connectivity index (χ4n) is 4.57. The highest BCUT2D eigenvalue weighted by atomic mass is 35.5. The first-order valence-electron chi connectivity index (χ1n) is 10.3. The van der Waals surface area contributed by atoms with E-state index in [0.29, 0.717) is 41.7 Å². The van der Waals surface area contributed by atoms with Crippen molar-refractivity contribution in [3.63, 3.8) is 0 Å². The number of sulfonamides is 1. The minimum absolute atomic E-state index is 0.0987. The predicted molar refractivity (Wildman–Crippen MR) is 115 cm³/mol. The highest BCUT2D eigenvalue weighted by molar-refractivity contribution is 7.89. The number of amides is 1. The second-order valence-electron chi connectivity index (χ2n) is 8.06. The Hall–Kier alpha value is -2.09. The van der Waals surface area contributed by atoms with E-state index in [-0.39, 0.29) is 5.91 Å². The van der Waals surface area contributed by atoms with Gasteiger partial charge in [0.2, 0.25) is 10.0 Å². The Morgan fingerprint density at radius 1 is 1.00 bits per heavy atom. The first-order valence-corrected chi connectivity index (χ1v) is 12.1.